The van der Waals surface area contributed by atoms with Crippen molar-refractivity contribution in [2.24, 2.45) is 0 Å². The number of carbonyl (C=O) groups excluding carboxylic acids is 1. The minimum atomic E-state index is -0.811. The molecule has 0 aromatic heterocycles. The van der Waals surface area contributed by atoms with E-state index < -0.39 is 5.97 Å². The van der Waals surface area contributed by atoms with Gasteiger partial charge in [0.15, 0.2) is 0 Å². The van der Waals surface area contributed by atoms with Gasteiger partial charge in [-0.1, -0.05) is 13.8 Å². The van der Waals surface area contributed by atoms with Crippen molar-refractivity contribution in [2.75, 3.05) is 39.8 Å². The number of likely N-dealkylation sites (tertiary alicyclic amines) is 1. The summed E-state index contributed by atoms with van der Waals surface area (Å²) in [5.41, 5.74) is 0. The van der Waals surface area contributed by atoms with Gasteiger partial charge in [-0.25, -0.2) is 4.79 Å². The molecule has 6 nitrogen and oxygen atoms in total. The van der Waals surface area contributed by atoms with Crippen LogP contribution in [0.25, 0.3) is 0 Å². The van der Waals surface area contributed by atoms with Crippen molar-refractivity contribution in [1.82, 2.24) is 14.7 Å². The van der Waals surface area contributed by atoms with Crippen LogP contribution in [-0.4, -0.2) is 77.6 Å². The number of likely N-dealkylation sites (N-methyl/N-ethyl adjacent to an activating group) is 1. The smallest absolute Gasteiger partial charge is 0.319 e. The van der Waals surface area contributed by atoms with E-state index in [0.717, 1.165) is 32.6 Å². The second-order valence-corrected chi connectivity index (χ2v) is 5.31. The quantitative estimate of drug-likeness (QED) is 0.766. The number of carbonyl (C=O) groups is 2. The highest BCUT2D eigenvalue weighted by atomic mass is 16.4. The number of aliphatic carboxylic acids is 1. The normalized spacial score (nSPS) is 18.6. The third-order valence-corrected chi connectivity index (χ3v) is 3.97. The van der Waals surface area contributed by atoms with Gasteiger partial charge in [-0.3, -0.25) is 9.69 Å². The minimum absolute atomic E-state index is 0.0186. The number of carboxylic acid groups (broad SMARTS) is 1. The van der Waals surface area contributed by atoms with Crippen molar-refractivity contribution >= 4 is 12.0 Å². The van der Waals surface area contributed by atoms with Crippen LogP contribution in [0.4, 0.5) is 4.79 Å². The zero-order valence-corrected chi connectivity index (χ0v) is 12.8. The molecule has 1 atom stereocenters. The number of carboxylic acids is 1. The molecule has 0 bridgehead atoms. The predicted molar refractivity (Wildman–Crippen MR) is 77.8 cm³/mol. The van der Waals surface area contributed by atoms with Crippen LogP contribution < -0.4 is 0 Å². The molecule has 1 aliphatic rings. The van der Waals surface area contributed by atoms with Gasteiger partial charge in [0, 0.05) is 39.1 Å². The van der Waals surface area contributed by atoms with Gasteiger partial charge in [0.05, 0.1) is 0 Å². The lowest BCUT2D eigenvalue weighted by Crippen LogP contribution is -2.43. The molecule has 6 heteroatoms. The number of urea groups is 1. The Balaban J connectivity index is 2.39. The number of rotatable bonds is 7. The fraction of sp³-hybridized carbons (Fsp3) is 0.857. The Morgan fingerprint density at radius 1 is 1.30 bits per heavy atom. The maximum atomic E-state index is 12.3. The zero-order chi connectivity index (χ0) is 15.1. The molecule has 1 unspecified atom stereocenters. The van der Waals surface area contributed by atoms with Gasteiger partial charge in [-0.05, 0) is 25.9 Å². The molecule has 1 N–H and O–H groups in total. The summed E-state index contributed by atoms with van der Waals surface area (Å²) < 4.78 is 0. The van der Waals surface area contributed by atoms with Gasteiger partial charge in [-0.2, -0.15) is 0 Å². The standard InChI is InChI=1S/C14H27N3O3/c1-4-16(5-2)12-8-10-17(11-12)14(20)15(3)9-6-7-13(18)19/h12H,4-11H2,1-3H3,(H,18,19). The molecule has 0 saturated carbocycles. The maximum absolute atomic E-state index is 12.3. The van der Waals surface area contributed by atoms with E-state index in [1.165, 1.54) is 0 Å². The molecule has 0 aromatic rings. The summed E-state index contributed by atoms with van der Waals surface area (Å²) in [5.74, 6) is -0.811. The monoisotopic (exact) mass is 285 g/mol. The van der Waals surface area contributed by atoms with Crippen LogP contribution in [0.5, 0.6) is 0 Å². The first-order valence-electron chi connectivity index (χ1n) is 7.45. The van der Waals surface area contributed by atoms with E-state index in [1.807, 2.05) is 4.90 Å². The topological polar surface area (TPSA) is 64.1 Å². The highest BCUT2D eigenvalue weighted by molar-refractivity contribution is 5.74. The molecule has 20 heavy (non-hydrogen) atoms. The summed E-state index contributed by atoms with van der Waals surface area (Å²) >= 11 is 0. The van der Waals surface area contributed by atoms with Gasteiger partial charge in [0.1, 0.15) is 0 Å². The molecule has 0 aliphatic carbocycles. The van der Waals surface area contributed by atoms with Crippen molar-refractivity contribution in [3.63, 3.8) is 0 Å². The highest BCUT2D eigenvalue weighted by Gasteiger charge is 2.30. The van der Waals surface area contributed by atoms with Crippen LogP contribution in [0, 0.1) is 0 Å². The molecule has 1 heterocycles. The van der Waals surface area contributed by atoms with Crippen LogP contribution in [0.2, 0.25) is 0 Å². The Hall–Kier alpha value is -1.30. The molecule has 1 rings (SSSR count). The molecule has 1 saturated heterocycles. The van der Waals surface area contributed by atoms with Gasteiger partial charge >= 0.3 is 12.0 Å². The van der Waals surface area contributed by atoms with Crippen LogP contribution in [0.15, 0.2) is 0 Å². The molecule has 0 aromatic carbocycles. The first kappa shape index (κ1) is 16.8. The number of nitrogens with zero attached hydrogens (tertiary/aromatic N) is 3. The van der Waals surface area contributed by atoms with Crippen LogP contribution in [0.1, 0.15) is 33.1 Å². The van der Waals surface area contributed by atoms with E-state index in [4.69, 9.17) is 5.11 Å². The summed E-state index contributed by atoms with van der Waals surface area (Å²) in [6.45, 7) is 8.39. The highest BCUT2D eigenvalue weighted by Crippen LogP contribution is 2.16. The summed E-state index contributed by atoms with van der Waals surface area (Å²) in [7, 11) is 1.74. The number of hydrogen-bond donors (Lipinski definition) is 1. The molecular weight excluding hydrogens is 258 g/mol. The summed E-state index contributed by atoms with van der Waals surface area (Å²) in [6.07, 6.45) is 1.64. The molecular formula is C14H27N3O3. The lowest BCUT2D eigenvalue weighted by atomic mass is 10.2. The van der Waals surface area contributed by atoms with Crippen molar-refractivity contribution in [2.45, 2.75) is 39.2 Å². The average Bonchev–Trinajstić information content (AvgIpc) is 2.88. The fourth-order valence-electron chi connectivity index (χ4n) is 2.76. The van der Waals surface area contributed by atoms with E-state index in [-0.39, 0.29) is 12.5 Å². The molecule has 0 radical (unpaired) electrons. The van der Waals surface area contributed by atoms with Gasteiger partial charge < -0.3 is 14.9 Å². The van der Waals surface area contributed by atoms with Gasteiger partial charge in [-0.15, -0.1) is 0 Å². The lowest BCUT2D eigenvalue weighted by molar-refractivity contribution is -0.137. The molecule has 116 valence electrons. The van der Waals surface area contributed by atoms with E-state index in [0.29, 0.717) is 19.0 Å². The Kier molecular flexibility index (Phi) is 6.78. The van der Waals surface area contributed by atoms with E-state index >= 15 is 0 Å². The fourth-order valence-corrected chi connectivity index (χ4v) is 2.76. The maximum Gasteiger partial charge on any atom is 0.319 e. The minimum Gasteiger partial charge on any atom is -0.481 e. The van der Waals surface area contributed by atoms with Crippen molar-refractivity contribution in [1.29, 1.82) is 0 Å². The van der Waals surface area contributed by atoms with Gasteiger partial charge in [0.2, 0.25) is 0 Å². The number of amides is 2. The summed E-state index contributed by atoms with van der Waals surface area (Å²) in [6, 6.07) is 0.478. The zero-order valence-electron chi connectivity index (χ0n) is 12.8. The third-order valence-electron chi connectivity index (χ3n) is 3.97. The predicted octanol–water partition coefficient (Wildman–Crippen LogP) is 1.32. The summed E-state index contributed by atoms with van der Waals surface area (Å²) in [4.78, 5) is 28.6. The molecule has 2 amide bonds. The van der Waals surface area contributed by atoms with Crippen LogP contribution in [-0.2, 0) is 4.79 Å². The Labute approximate surface area is 121 Å². The largest absolute Gasteiger partial charge is 0.481 e. The average molecular weight is 285 g/mol. The second-order valence-electron chi connectivity index (χ2n) is 5.31. The van der Waals surface area contributed by atoms with Crippen molar-refractivity contribution in [3.8, 4) is 0 Å². The lowest BCUT2D eigenvalue weighted by Gasteiger charge is -2.28. The van der Waals surface area contributed by atoms with Crippen LogP contribution >= 0.6 is 0 Å². The summed E-state index contributed by atoms with van der Waals surface area (Å²) in [5, 5.41) is 8.61. The number of hydrogen-bond acceptors (Lipinski definition) is 3. The van der Waals surface area contributed by atoms with Crippen molar-refractivity contribution in [3.05, 3.63) is 0 Å². The van der Waals surface area contributed by atoms with E-state index in [9.17, 15) is 9.59 Å². The molecule has 1 fully saturated rings. The van der Waals surface area contributed by atoms with Crippen molar-refractivity contribution < 1.29 is 14.7 Å². The first-order chi connectivity index (χ1) is 9.49. The third kappa shape index (κ3) is 4.67. The Morgan fingerprint density at radius 3 is 2.50 bits per heavy atom. The van der Waals surface area contributed by atoms with Crippen LogP contribution in [0.3, 0.4) is 0 Å². The SMILES string of the molecule is CCN(CC)C1CCN(C(=O)N(C)CCCC(=O)O)C1. The van der Waals surface area contributed by atoms with Gasteiger partial charge in [0.25, 0.3) is 0 Å². The Bertz CT molecular complexity index is 332. The van der Waals surface area contributed by atoms with E-state index in [1.54, 1.807) is 11.9 Å². The second kappa shape index (κ2) is 8.09. The molecule has 1 aliphatic heterocycles. The first-order valence-corrected chi connectivity index (χ1v) is 7.45. The molecule has 0 spiro atoms. The van der Waals surface area contributed by atoms with E-state index in [2.05, 4.69) is 18.7 Å². The Morgan fingerprint density at radius 2 is 1.95 bits per heavy atom.